The summed E-state index contributed by atoms with van der Waals surface area (Å²) >= 11 is 0. The summed E-state index contributed by atoms with van der Waals surface area (Å²) in [7, 11) is 1.95. The number of rotatable bonds is 2. The molecule has 2 fully saturated rings. The molecule has 1 amide bonds. The lowest BCUT2D eigenvalue weighted by atomic mass is 9.92. The standard InChI is InChI=1S/C12H19NO/c1-9(2)11(14)13(3)12-6-4-10(8-12)5-7-12/h10H,1,4-8H2,2-3H3. The molecule has 0 N–H and O–H groups in total. The SMILES string of the molecule is C=C(C)C(=O)N(C)C12CCC(CC1)C2. The molecule has 0 spiro atoms. The van der Waals surface area contributed by atoms with E-state index in [9.17, 15) is 4.79 Å². The van der Waals surface area contributed by atoms with Crippen molar-refractivity contribution in [2.45, 2.75) is 44.6 Å². The van der Waals surface area contributed by atoms with Gasteiger partial charge in [0.15, 0.2) is 0 Å². The minimum absolute atomic E-state index is 0.132. The molecule has 0 heterocycles. The Morgan fingerprint density at radius 1 is 1.43 bits per heavy atom. The highest BCUT2D eigenvalue weighted by atomic mass is 16.2. The lowest BCUT2D eigenvalue weighted by Crippen LogP contribution is -2.46. The molecule has 0 atom stereocenters. The molecule has 2 saturated carbocycles. The Labute approximate surface area is 86.0 Å². The van der Waals surface area contributed by atoms with E-state index in [1.807, 2.05) is 11.9 Å². The first-order valence-electron chi connectivity index (χ1n) is 5.49. The van der Waals surface area contributed by atoms with Crippen LogP contribution in [0.3, 0.4) is 0 Å². The number of amides is 1. The van der Waals surface area contributed by atoms with Gasteiger partial charge < -0.3 is 4.90 Å². The van der Waals surface area contributed by atoms with E-state index in [4.69, 9.17) is 0 Å². The zero-order valence-corrected chi connectivity index (χ0v) is 9.18. The lowest BCUT2D eigenvalue weighted by Gasteiger charge is -2.37. The van der Waals surface area contributed by atoms with Crippen LogP contribution in [0.25, 0.3) is 0 Å². The average molecular weight is 193 g/mol. The first-order chi connectivity index (χ1) is 6.55. The maximum absolute atomic E-state index is 11.8. The Hall–Kier alpha value is -0.790. The van der Waals surface area contributed by atoms with Crippen molar-refractivity contribution in [2.75, 3.05) is 7.05 Å². The van der Waals surface area contributed by atoms with Crippen LogP contribution in [0.1, 0.15) is 39.0 Å². The van der Waals surface area contributed by atoms with Gasteiger partial charge in [0.05, 0.1) is 0 Å². The van der Waals surface area contributed by atoms with Gasteiger partial charge in [0, 0.05) is 18.2 Å². The molecule has 2 nitrogen and oxygen atoms in total. The van der Waals surface area contributed by atoms with Crippen molar-refractivity contribution in [1.82, 2.24) is 4.90 Å². The quantitative estimate of drug-likeness (QED) is 0.616. The van der Waals surface area contributed by atoms with Crippen molar-refractivity contribution >= 4 is 5.91 Å². The molecule has 2 rings (SSSR count). The number of hydrogen-bond acceptors (Lipinski definition) is 1. The van der Waals surface area contributed by atoms with Gasteiger partial charge in [-0.15, -0.1) is 0 Å². The molecular weight excluding hydrogens is 174 g/mol. The van der Waals surface area contributed by atoms with E-state index in [1.165, 1.54) is 32.1 Å². The Morgan fingerprint density at radius 2 is 2.00 bits per heavy atom. The maximum atomic E-state index is 11.8. The fourth-order valence-electron chi connectivity index (χ4n) is 3.13. The second-order valence-electron chi connectivity index (χ2n) is 5.02. The summed E-state index contributed by atoms with van der Waals surface area (Å²) in [5, 5.41) is 0. The van der Waals surface area contributed by atoms with Gasteiger partial charge in [0.1, 0.15) is 0 Å². The summed E-state index contributed by atoms with van der Waals surface area (Å²) < 4.78 is 0. The second kappa shape index (κ2) is 3.11. The largest absolute Gasteiger partial charge is 0.336 e. The molecule has 0 aromatic carbocycles. The van der Waals surface area contributed by atoms with E-state index in [0.717, 1.165) is 5.92 Å². The Bertz CT molecular complexity index is 274. The van der Waals surface area contributed by atoms with Crippen molar-refractivity contribution in [1.29, 1.82) is 0 Å². The van der Waals surface area contributed by atoms with E-state index < -0.39 is 0 Å². The normalized spacial score (nSPS) is 34.6. The second-order valence-corrected chi connectivity index (χ2v) is 5.02. The van der Waals surface area contributed by atoms with E-state index >= 15 is 0 Å². The van der Waals surface area contributed by atoms with Crippen LogP contribution in [-0.4, -0.2) is 23.4 Å². The third-order valence-corrected chi connectivity index (χ3v) is 4.09. The molecule has 2 aliphatic carbocycles. The average Bonchev–Trinajstić information content (AvgIpc) is 2.75. The van der Waals surface area contributed by atoms with E-state index in [-0.39, 0.29) is 11.4 Å². The van der Waals surface area contributed by atoms with Crippen molar-refractivity contribution in [3.05, 3.63) is 12.2 Å². The zero-order chi connectivity index (χ0) is 10.3. The van der Waals surface area contributed by atoms with Crippen molar-refractivity contribution in [2.24, 2.45) is 5.92 Å². The van der Waals surface area contributed by atoms with Crippen LogP contribution in [0.4, 0.5) is 0 Å². The fourth-order valence-corrected chi connectivity index (χ4v) is 3.13. The summed E-state index contributed by atoms with van der Waals surface area (Å²) in [5.74, 6) is 1.02. The van der Waals surface area contributed by atoms with Crippen LogP contribution in [0.15, 0.2) is 12.2 Å². The topological polar surface area (TPSA) is 20.3 Å². The molecule has 2 bridgehead atoms. The molecule has 14 heavy (non-hydrogen) atoms. The lowest BCUT2D eigenvalue weighted by molar-refractivity contribution is -0.131. The molecule has 2 heteroatoms. The Morgan fingerprint density at radius 3 is 2.36 bits per heavy atom. The number of carbonyl (C=O) groups excluding carboxylic acids is 1. The zero-order valence-electron chi connectivity index (χ0n) is 9.18. The molecule has 0 aliphatic heterocycles. The predicted molar refractivity (Wildman–Crippen MR) is 56.9 cm³/mol. The van der Waals surface area contributed by atoms with Crippen LogP contribution in [0.2, 0.25) is 0 Å². The van der Waals surface area contributed by atoms with Gasteiger partial charge in [-0.05, 0) is 44.9 Å². The third-order valence-electron chi connectivity index (χ3n) is 4.09. The monoisotopic (exact) mass is 193 g/mol. The molecule has 0 saturated heterocycles. The first-order valence-corrected chi connectivity index (χ1v) is 5.49. The van der Waals surface area contributed by atoms with Crippen molar-refractivity contribution < 1.29 is 4.79 Å². The molecule has 78 valence electrons. The van der Waals surface area contributed by atoms with Gasteiger partial charge in [-0.2, -0.15) is 0 Å². The van der Waals surface area contributed by atoms with E-state index in [2.05, 4.69) is 6.58 Å². The number of hydrogen-bond donors (Lipinski definition) is 0. The summed E-state index contributed by atoms with van der Waals surface area (Å²) in [4.78, 5) is 13.8. The van der Waals surface area contributed by atoms with Gasteiger partial charge >= 0.3 is 0 Å². The molecule has 0 aromatic rings. The number of carbonyl (C=O) groups is 1. The highest BCUT2D eigenvalue weighted by Crippen LogP contribution is 2.50. The molecule has 0 aromatic heterocycles. The smallest absolute Gasteiger partial charge is 0.249 e. The van der Waals surface area contributed by atoms with Crippen LogP contribution in [-0.2, 0) is 4.79 Å². The van der Waals surface area contributed by atoms with E-state index in [0.29, 0.717) is 5.57 Å². The third kappa shape index (κ3) is 1.28. The van der Waals surface area contributed by atoms with Crippen LogP contribution >= 0.6 is 0 Å². The number of nitrogens with zero attached hydrogens (tertiary/aromatic N) is 1. The summed E-state index contributed by atoms with van der Waals surface area (Å²) in [6.07, 6.45) is 6.25. The Balaban J connectivity index is 2.14. The minimum atomic E-state index is 0.132. The summed E-state index contributed by atoms with van der Waals surface area (Å²) in [5.41, 5.74) is 0.859. The van der Waals surface area contributed by atoms with Gasteiger partial charge in [0.2, 0.25) is 5.91 Å². The van der Waals surface area contributed by atoms with Gasteiger partial charge in [0.25, 0.3) is 0 Å². The molecule has 2 aliphatic rings. The van der Waals surface area contributed by atoms with Gasteiger partial charge in [-0.3, -0.25) is 4.79 Å². The highest BCUT2D eigenvalue weighted by Gasteiger charge is 2.48. The Kier molecular flexibility index (Phi) is 2.17. The minimum Gasteiger partial charge on any atom is -0.336 e. The van der Waals surface area contributed by atoms with Crippen LogP contribution in [0.5, 0.6) is 0 Å². The highest BCUT2D eigenvalue weighted by molar-refractivity contribution is 5.92. The molecule has 0 radical (unpaired) electrons. The predicted octanol–water partition coefficient (Wildman–Crippen LogP) is 2.35. The van der Waals surface area contributed by atoms with Crippen LogP contribution < -0.4 is 0 Å². The number of likely N-dealkylation sites (N-methyl/N-ethyl adjacent to an activating group) is 1. The summed E-state index contributed by atoms with van der Waals surface area (Å²) in [6, 6.07) is 0. The summed E-state index contributed by atoms with van der Waals surface area (Å²) in [6.45, 7) is 5.54. The van der Waals surface area contributed by atoms with Crippen LogP contribution in [0, 0.1) is 5.92 Å². The molecular formula is C12H19NO. The van der Waals surface area contributed by atoms with Gasteiger partial charge in [-0.25, -0.2) is 0 Å². The number of fused-ring (bicyclic) bond motifs is 2. The molecule has 0 unspecified atom stereocenters. The maximum Gasteiger partial charge on any atom is 0.249 e. The first kappa shape index (κ1) is 9.75. The van der Waals surface area contributed by atoms with Gasteiger partial charge in [-0.1, -0.05) is 6.58 Å². The van der Waals surface area contributed by atoms with E-state index in [1.54, 1.807) is 6.92 Å². The fraction of sp³-hybridized carbons (Fsp3) is 0.750. The van der Waals surface area contributed by atoms with Crippen molar-refractivity contribution in [3.63, 3.8) is 0 Å². The van der Waals surface area contributed by atoms with Crippen molar-refractivity contribution in [3.8, 4) is 0 Å².